The minimum Gasteiger partial charge on any atom is -0.322 e. The highest BCUT2D eigenvalue weighted by Gasteiger charge is 2.15. The van der Waals surface area contributed by atoms with Gasteiger partial charge in [0, 0.05) is 10.2 Å². The Balaban J connectivity index is 2.26. The Labute approximate surface area is 117 Å². The summed E-state index contributed by atoms with van der Waals surface area (Å²) in [6.45, 7) is 1.86. The summed E-state index contributed by atoms with van der Waals surface area (Å²) in [6, 6.07) is 8.67. The third-order valence-electron chi connectivity index (χ3n) is 2.61. The number of halogens is 3. The first-order chi connectivity index (χ1) is 8.99. The molecule has 2 nitrogen and oxygen atoms in total. The largest absolute Gasteiger partial charge is 0.322 e. The van der Waals surface area contributed by atoms with Crippen LogP contribution in [0.15, 0.2) is 40.9 Å². The first kappa shape index (κ1) is 13.7. The highest BCUT2D eigenvalue weighted by atomic mass is 79.9. The summed E-state index contributed by atoms with van der Waals surface area (Å²) in [4.78, 5) is 11.9. The molecule has 2 aromatic rings. The topological polar surface area (TPSA) is 29.1 Å². The van der Waals surface area contributed by atoms with Crippen molar-refractivity contribution in [3.63, 3.8) is 0 Å². The predicted molar refractivity (Wildman–Crippen MR) is 73.2 cm³/mol. The molecular formula is C14H10BrF2NO. The Morgan fingerprint density at radius 2 is 1.95 bits per heavy atom. The standard InChI is InChI=1S/C14H10BrF2NO/c1-8-7-9(5-6-11(8)15)18-14(19)10-3-2-4-12(16)13(10)17/h2-7H,1H3,(H,18,19). The van der Waals surface area contributed by atoms with Gasteiger partial charge in [-0.1, -0.05) is 22.0 Å². The van der Waals surface area contributed by atoms with Crippen LogP contribution in [0.3, 0.4) is 0 Å². The van der Waals surface area contributed by atoms with Gasteiger partial charge >= 0.3 is 0 Å². The van der Waals surface area contributed by atoms with Gasteiger partial charge in [0.2, 0.25) is 0 Å². The highest BCUT2D eigenvalue weighted by molar-refractivity contribution is 9.10. The Hall–Kier alpha value is -1.75. The molecule has 0 aliphatic heterocycles. The summed E-state index contributed by atoms with van der Waals surface area (Å²) in [5.74, 6) is -2.87. The first-order valence-corrected chi connectivity index (χ1v) is 6.30. The van der Waals surface area contributed by atoms with Gasteiger partial charge < -0.3 is 5.32 Å². The minimum atomic E-state index is -1.14. The van der Waals surface area contributed by atoms with Gasteiger partial charge in [0.05, 0.1) is 5.56 Å². The normalized spacial score (nSPS) is 10.3. The van der Waals surface area contributed by atoms with Crippen LogP contribution in [0.25, 0.3) is 0 Å². The molecule has 0 unspecified atom stereocenters. The van der Waals surface area contributed by atoms with Crippen molar-refractivity contribution in [3.8, 4) is 0 Å². The molecule has 2 rings (SSSR count). The Morgan fingerprint density at radius 3 is 2.63 bits per heavy atom. The second-order valence-corrected chi connectivity index (χ2v) is 4.87. The quantitative estimate of drug-likeness (QED) is 0.876. The van der Waals surface area contributed by atoms with Crippen LogP contribution >= 0.6 is 15.9 Å². The van der Waals surface area contributed by atoms with Gasteiger partial charge in [-0.05, 0) is 42.8 Å². The van der Waals surface area contributed by atoms with Crippen molar-refractivity contribution in [1.82, 2.24) is 0 Å². The molecule has 19 heavy (non-hydrogen) atoms. The molecule has 0 spiro atoms. The summed E-state index contributed by atoms with van der Waals surface area (Å²) < 4.78 is 27.4. The number of nitrogens with one attached hydrogen (secondary N) is 1. The Morgan fingerprint density at radius 1 is 1.21 bits per heavy atom. The number of carbonyl (C=O) groups is 1. The van der Waals surface area contributed by atoms with E-state index in [-0.39, 0.29) is 5.56 Å². The van der Waals surface area contributed by atoms with Crippen LogP contribution in [-0.2, 0) is 0 Å². The third kappa shape index (κ3) is 2.98. The second-order valence-electron chi connectivity index (χ2n) is 4.02. The third-order valence-corrected chi connectivity index (χ3v) is 3.50. The van der Waals surface area contributed by atoms with Gasteiger partial charge in [-0.15, -0.1) is 0 Å². The average Bonchev–Trinajstić information content (AvgIpc) is 2.37. The van der Waals surface area contributed by atoms with E-state index in [2.05, 4.69) is 21.2 Å². The van der Waals surface area contributed by atoms with Crippen LogP contribution in [0.5, 0.6) is 0 Å². The van der Waals surface area contributed by atoms with E-state index >= 15 is 0 Å². The maximum Gasteiger partial charge on any atom is 0.258 e. The Kier molecular flexibility index (Phi) is 3.95. The van der Waals surface area contributed by atoms with Crippen molar-refractivity contribution in [1.29, 1.82) is 0 Å². The van der Waals surface area contributed by atoms with Gasteiger partial charge in [0.25, 0.3) is 5.91 Å². The maximum absolute atomic E-state index is 13.5. The predicted octanol–water partition coefficient (Wildman–Crippen LogP) is 4.29. The molecule has 0 saturated carbocycles. The van der Waals surface area contributed by atoms with E-state index in [0.717, 1.165) is 16.1 Å². The van der Waals surface area contributed by atoms with E-state index in [1.54, 1.807) is 18.2 Å². The lowest BCUT2D eigenvalue weighted by molar-refractivity contribution is 0.102. The van der Waals surface area contributed by atoms with Gasteiger partial charge in [-0.2, -0.15) is 0 Å². The highest BCUT2D eigenvalue weighted by Crippen LogP contribution is 2.21. The Bertz CT molecular complexity index is 643. The van der Waals surface area contributed by atoms with E-state index in [0.29, 0.717) is 5.69 Å². The summed E-state index contributed by atoms with van der Waals surface area (Å²) >= 11 is 3.34. The van der Waals surface area contributed by atoms with Crippen LogP contribution < -0.4 is 5.32 Å². The minimum absolute atomic E-state index is 0.319. The fourth-order valence-corrected chi connectivity index (χ4v) is 1.85. The van der Waals surface area contributed by atoms with E-state index in [4.69, 9.17) is 0 Å². The molecule has 1 N–H and O–H groups in total. The molecule has 0 atom stereocenters. The zero-order valence-corrected chi connectivity index (χ0v) is 11.6. The smallest absolute Gasteiger partial charge is 0.258 e. The molecule has 0 saturated heterocycles. The second kappa shape index (κ2) is 5.48. The molecule has 0 aliphatic rings. The van der Waals surface area contributed by atoms with Crippen LogP contribution in [0.2, 0.25) is 0 Å². The molecule has 0 aromatic heterocycles. The summed E-state index contributed by atoms with van der Waals surface area (Å²) in [7, 11) is 0. The van der Waals surface area contributed by atoms with E-state index in [1.807, 2.05) is 6.92 Å². The molecule has 1 amide bonds. The number of benzene rings is 2. The fraction of sp³-hybridized carbons (Fsp3) is 0.0714. The number of anilines is 1. The van der Waals surface area contributed by atoms with Crippen LogP contribution in [-0.4, -0.2) is 5.91 Å². The molecule has 0 heterocycles. The summed E-state index contributed by atoms with van der Waals surface area (Å²) in [6.07, 6.45) is 0. The van der Waals surface area contributed by atoms with Gasteiger partial charge in [-0.3, -0.25) is 4.79 Å². The van der Waals surface area contributed by atoms with Crippen LogP contribution in [0.1, 0.15) is 15.9 Å². The molecular weight excluding hydrogens is 316 g/mol. The first-order valence-electron chi connectivity index (χ1n) is 5.50. The van der Waals surface area contributed by atoms with Crippen molar-refractivity contribution >= 4 is 27.5 Å². The van der Waals surface area contributed by atoms with Gasteiger partial charge in [0.1, 0.15) is 0 Å². The number of hydrogen-bond acceptors (Lipinski definition) is 1. The lowest BCUT2D eigenvalue weighted by Gasteiger charge is -2.08. The van der Waals surface area contributed by atoms with E-state index in [1.165, 1.54) is 12.1 Å². The van der Waals surface area contributed by atoms with Crippen LogP contribution in [0, 0.1) is 18.6 Å². The average molecular weight is 326 g/mol. The summed E-state index contributed by atoms with van der Waals surface area (Å²) in [5.41, 5.74) is 1.13. The van der Waals surface area contributed by atoms with Gasteiger partial charge in [0.15, 0.2) is 11.6 Å². The van der Waals surface area contributed by atoms with E-state index in [9.17, 15) is 13.6 Å². The molecule has 98 valence electrons. The monoisotopic (exact) mass is 325 g/mol. The molecule has 0 bridgehead atoms. The maximum atomic E-state index is 13.5. The zero-order valence-electron chi connectivity index (χ0n) is 10.0. The van der Waals surface area contributed by atoms with Crippen molar-refractivity contribution in [2.75, 3.05) is 5.32 Å². The molecule has 5 heteroatoms. The van der Waals surface area contributed by atoms with Crippen molar-refractivity contribution in [2.45, 2.75) is 6.92 Å². The van der Waals surface area contributed by atoms with Crippen molar-refractivity contribution in [3.05, 3.63) is 63.6 Å². The molecule has 0 fully saturated rings. The van der Waals surface area contributed by atoms with Crippen molar-refractivity contribution < 1.29 is 13.6 Å². The SMILES string of the molecule is Cc1cc(NC(=O)c2cccc(F)c2F)ccc1Br. The van der Waals surface area contributed by atoms with Crippen molar-refractivity contribution in [2.24, 2.45) is 0 Å². The molecule has 0 aliphatic carbocycles. The lowest BCUT2D eigenvalue weighted by atomic mass is 10.1. The number of carbonyl (C=O) groups excluding carboxylic acids is 1. The lowest BCUT2D eigenvalue weighted by Crippen LogP contribution is -2.14. The molecule has 0 radical (unpaired) electrons. The van der Waals surface area contributed by atoms with Gasteiger partial charge in [-0.25, -0.2) is 8.78 Å². The molecule has 2 aromatic carbocycles. The number of rotatable bonds is 2. The fourth-order valence-electron chi connectivity index (χ4n) is 1.60. The number of amides is 1. The summed E-state index contributed by atoms with van der Waals surface area (Å²) in [5, 5.41) is 2.53. The van der Waals surface area contributed by atoms with Crippen LogP contribution in [0.4, 0.5) is 14.5 Å². The number of aryl methyl sites for hydroxylation is 1. The van der Waals surface area contributed by atoms with E-state index < -0.39 is 17.5 Å². The zero-order chi connectivity index (χ0) is 14.0. The number of hydrogen-bond donors (Lipinski definition) is 1.